The second kappa shape index (κ2) is 11.4. The molecule has 1 aliphatic heterocycles. The topological polar surface area (TPSA) is 66.0 Å². The summed E-state index contributed by atoms with van der Waals surface area (Å²) in [4.78, 5) is 18.5. The molecule has 0 aromatic heterocycles. The molecule has 1 fully saturated rings. The van der Waals surface area contributed by atoms with Crippen molar-refractivity contribution in [3.05, 3.63) is 29.6 Å². The van der Waals surface area contributed by atoms with Gasteiger partial charge in [0, 0.05) is 32.6 Å². The molecule has 1 aliphatic rings. The lowest BCUT2D eigenvalue weighted by atomic mass is 10.2. The lowest BCUT2D eigenvalue weighted by Gasteiger charge is -2.20. The number of hydrogen-bond donors (Lipinski definition) is 2. The zero-order valence-electron chi connectivity index (χ0n) is 16.4. The van der Waals surface area contributed by atoms with Crippen molar-refractivity contribution in [1.29, 1.82) is 0 Å². The van der Waals surface area contributed by atoms with Crippen LogP contribution in [-0.4, -0.2) is 50.1 Å². The number of nitrogens with zero attached hydrogens (tertiary/aromatic N) is 2. The van der Waals surface area contributed by atoms with Gasteiger partial charge in [0.25, 0.3) is 0 Å². The monoisotopic (exact) mass is 378 g/mol. The van der Waals surface area contributed by atoms with Crippen LogP contribution >= 0.6 is 0 Å². The van der Waals surface area contributed by atoms with Gasteiger partial charge in [0.05, 0.1) is 13.7 Å². The van der Waals surface area contributed by atoms with Gasteiger partial charge in [0.2, 0.25) is 5.91 Å². The second-order valence-corrected chi connectivity index (χ2v) is 6.64. The van der Waals surface area contributed by atoms with Crippen LogP contribution in [0.3, 0.4) is 0 Å². The molecular formula is C20H31FN4O2. The van der Waals surface area contributed by atoms with Crippen LogP contribution in [0, 0.1) is 5.82 Å². The highest BCUT2D eigenvalue weighted by Gasteiger charge is 2.15. The smallest absolute Gasteiger partial charge is 0.222 e. The van der Waals surface area contributed by atoms with Crippen molar-refractivity contribution in [3.63, 3.8) is 0 Å². The van der Waals surface area contributed by atoms with Crippen LogP contribution < -0.4 is 15.4 Å². The SMILES string of the molecule is CCNC(=NCc1ccc(OC)c(F)c1)NCCCN1CCCCCC1=O. The van der Waals surface area contributed by atoms with Gasteiger partial charge in [-0.1, -0.05) is 12.5 Å². The zero-order chi connectivity index (χ0) is 19.5. The van der Waals surface area contributed by atoms with E-state index in [0.717, 1.165) is 57.4 Å². The highest BCUT2D eigenvalue weighted by molar-refractivity contribution is 5.79. The van der Waals surface area contributed by atoms with Crippen LogP contribution in [0.2, 0.25) is 0 Å². The number of benzene rings is 1. The quantitative estimate of drug-likeness (QED) is 0.415. The maximum absolute atomic E-state index is 13.8. The van der Waals surface area contributed by atoms with Gasteiger partial charge in [-0.2, -0.15) is 0 Å². The van der Waals surface area contributed by atoms with E-state index >= 15 is 0 Å². The van der Waals surface area contributed by atoms with Crippen molar-refractivity contribution >= 4 is 11.9 Å². The molecule has 0 saturated carbocycles. The summed E-state index contributed by atoms with van der Waals surface area (Å²) >= 11 is 0. The summed E-state index contributed by atoms with van der Waals surface area (Å²) in [5.74, 6) is 0.812. The van der Waals surface area contributed by atoms with Crippen molar-refractivity contribution < 1.29 is 13.9 Å². The number of likely N-dealkylation sites (tertiary alicyclic amines) is 1. The first-order valence-corrected chi connectivity index (χ1v) is 9.76. The van der Waals surface area contributed by atoms with Gasteiger partial charge in [-0.05, 0) is 43.9 Å². The summed E-state index contributed by atoms with van der Waals surface area (Å²) in [6, 6.07) is 4.86. The number of carbonyl (C=O) groups excluding carboxylic acids is 1. The van der Waals surface area contributed by atoms with Gasteiger partial charge in [-0.25, -0.2) is 9.38 Å². The average molecular weight is 378 g/mol. The van der Waals surface area contributed by atoms with Crippen LogP contribution in [0.15, 0.2) is 23.2 Å². The van der Waals surface area contributed by atoms with Gasteiger partial charge in [0.1, 0.15) is 0 Å². The van der Waals surface area contributed by atoms with Crippen LogP contribution in [0.4, 0.5) is 4.39 Å². The molecule has 27 heavy (non-hydrogen) atoms. The van der Waals surface area contributed by atoms with Crippen molar-refractivity contribution in [2.45, 2.75) is 45.6 Å². The molecule has 1 heterocycles. The maximum atomic E-state index is 13.8. The third kappa shape index (κ3) is 7.07. The summed E-state index contributed by atoms with van der Waals surface area (Å²) in [6.45, 7) is 5.49. The summed E-state index contributed by atoms with van der Waals surface area (Å²) in [7, 11) is 1.45. The Morgan fingerprint density at radius 2 is 2.15 bits per heavy atom. The molecule has 6 nitrogen and oxygen atoms in total. The Kier molecular flexibility index (Phi) is 8.87. The van der Waals surface area contributed by atoms with E-state index in [1.54, 1.807) is 12.1 Å². The predicted molar refractivity (Wildman–Crippen MR) is 105 cm³/mol. The minimum atomic E-state index is -0.384. The zero-order valence-corrected chi connectivity index (χ0v) is 16.4. The molecule has 0 bridgehead atoms. The Bertz CT molecular complexity index is 636. The number of hydrogen-bond acceptors (Lipinski definition) is 3. The highest BCUT2D eigenvalue weighted by atomic mass is 19.1. The number of rotatable bonds is 8. The fourth-order valence-corrected chi connectivity index (χ4v) is 3.07. The van der Waals surface area contributed by atoms with Gasteiger partial charge in [0.15, 0.2) is 17.5 Å². The molecule has 0 radical (unpaired) electrons. The normalized spacial score (nSPS) is 15.4. The maximum Gasteiger partial charge on any atom is 0.222 e. The average Bonchev–Trinajstić information content (AvgIpc) is 2.87. The number of halogens is 1. The van der Waals surface area contributed by atoms with E-state index in [9.17, 15) is 9.18 Å². The Balaban J connectivity index is 1.81. The van der Waals surface area contributed by atoms with Crippen molar-refractivity contribution in [1.82, 2.24) is 15.5 Å². The van der Waals surface area contributed by atoms with Gasteiger partial charge in [-0.3, -0.25) is 4.79 Å². The van der Waals surface area contributed by atoms with Gasteiger partial charge < -0.3 is 20.3 Å². The Hall–Kier alpha value is -2.31. The fourth-order valence-electron chi connectivity index (χ4n) is 3.07. The molecular weight excluding hydrogens is 347 g/mol. The molecule has 2 rings (SSSR count). The third-order valence-electron chi connectivity index (χ3n) is 4.55. The summed E-state index contributed by atoms with van der Waals surface area (Å²) in [5, 5.41) is 6.47. The lowest BCUT2D eigenvalue weighted by Crippen LogP contribution is -2.39. The van der Waals surface area contributed by atoms with E-state index in [1.165, 1.54) is 13.2 Å². The van der Waals surface area contributed by atoms with E-state index in [-0.39, 0.29) is 17.5 Å². The largest absolute Gasteiger partial charge is 0.494 e. The Morgan fingerprint density at radius 3 is 2.89 bits per heavy atom. The molecule has 1 amide bonds. The van der Waals surface area contributed by atoms with Crippen molar-refractivity contribution in [2.24, 2.45) is 4.99 Å². The third-order valence-corrected chi connectivity index (χ3v) is 4.55. The van der Waals surface area contributed by atoms with E-state index < -0.39 is 0 Å². The predicted octanol–water partition coefficient (Wildman–Crippen LogP) is 2.68. The number of methoxy groups -OCH3 is 1. The van der Waals surface area contributed by atoms with Crippen LogP contribution in [0.25, 0.3) is 0 Å². The Morgan fingerprint density at radius 1 is 1.30 bits per heavy atom. The van der Waals surface area contributed by atoms with E-state index in [4.69, 9.17) is 4.74 Å². The van der Waals surface area contributed by atoms with E-state index in [0.29, 0.717) is 18.9 Å². The number of guanidine groups is 1. The number of aliphatic imine (C=N–C) groups is 1. The minimum absolute atomic E-state index is 0.232. The first kappa shape index (κ1) is 21.0. The van der Waals surface area contributed by atoms with Crippen LogP contribution in [0.1, 0.15) is 44.6 Å². The summed E-state index contributed by atoms with van der Waals surface area (Å²) in [5.41, 5.74) is 0.778. The number of carbonyl (C=O) groups is 1. The van der Waals surface area contributed by atoms with Gasteiger partial charge in [-0.15, -0.1) is 0 Å². The van der Waals surface area contributed by atoms with E-state index in [1.807, 2.05) is 11.8 Å². The van der Waals surface area contributed by atoms with Crippen LogP contribution in [-0.2, 0) is 11.3 Å². The molecule has 1 saturated heterocycles. The standard InChI is InChI=1S/C20H31FN4O2/c1-3-22-20(24-15-16-9-10-18(27-2)17(21)14-16)23-11-7-13-25-12-6-4-5-8-19(25)26/h9-10,14H,3-8,11-13,15H2,1-2H3,(H2,22,23,24). The second-order valence-electron chi connectivity index (χ2n) is 6.64. The van der Waals surface area contributed by atoms with Crippen molar-refractivity contribution in [3.8, 4) is 5.75 Å². The minimum Gasteiger partial charge on any atom is -0.494 e. The fraction of sp³-hybridized carbons (Fsp3) is 0.600. The molecule has 0 atom stereocenters. The Labute approximate surface area is 161 Å². The molecule has 7 heteroatoms. The molecule has 1 aromatic rings. The molecule has 0 spiro atoms. The summed E-state index contributed by atoms with van der Waals surface area (Å²) < 4.78 is 18.7. The first-order chi connectivity index (χ1) is 13.1. The van der Waals surface area contributed by atoms with Crippen molar-refractivity contribution in [2.75, 3.05) is 33.3 Å². The highest BCUT2D eigenvalue weighted by Crippen LogP contribution is 2.18. The van der Waals surface area contributed by atoms with Gasteiger partial charge >= 0.3 is 0 Å². The molecule has 0 aliphatic carbocycles. The molecule has 2 N–H and O–H groups in total. The molecule has 150 valence electrons. The number of nitrogens with one attached hydrogen (secondary N) is 2. The lowest BCUT2D eigenvalue weighted by molar-refractivity contribution is -0.130. The van der Waals surface area contributed by atoms with E-state index in [2.05, 4.69) is 15.6 Å². The first-order valence-electron chi connectivity index (χ1n) is 9.76. The summed E-state index contributed by atoms with van der Waals surface area (Å²) in [6.07, 6.45) is 4.80. The van der Waals surface area contributed by atoms with Crippen LogP contribution in [0.5, 0.6) is 5.75 Å². The molecule has 1 aromatic carbocycles. The number of ether oxygens (including phenoxy) is 1. The molecule has 0 unspecified atom stereocenters. The number of amides is 1.